The first-order valence-corrected chi connectivity index (χ1v) is 10.5. The lowest BCUT2D eigenvalue weighted by Crippen LogP contribution is -2.52. The van der Waals surface area contributed by atoms with E-state index in [1.54, 1.807) is 11.8 Å². The number of hydrogen-bond acceptors (Lipinski definition) is 4. The molecule has 0 unspecified atom stereocenters. The highest BCUT2D eigenvalue weighted by Crippen LogP contribution is 2.40. The molecule has 3 heterocycles. The van der Waals surface area contributed by atoms with Crippen LogP contribution in [0.5, 0.6) is 0 Å². The second-order valence-electron chi connectivity index (χ2n) is 8.69. The van der Waals surface area contributed by atoms with E-state index in [0.29, 0.717) is 24.6 Å². The van der Waals surface area contributed by atoms with Gasteiger partial charge in [-0.15, -0.1) is 0 Å². The summed E-state index contributed by atoms with van der Waals surface area (Å²) < 4.78 is 6.83. The lowest BCUT2D eigenvalue weighted by Gasteiger charge is -2.47. The lowest BCUT2D eigenvalue weighted by atomic mass is 9.72. The van der Waals surface area contributed by atoms with Gasteiger partial charge in [0.05, 0.1) is 5.69 Å². The van der Waals surface area contributed by atoms with E-state index in [0.717, 1.165) is 57.6 Å². The number of amides is 2. The SMILES string of the molecule is COCCCN1CC2(CCC1=O)CCN(C(=O)c1cc(C(C)C)nn1C)CC2. The van der Waals surface area contributed by atoms with Gasteiger partial charge < -0.3 is 14.5 Å². The highest BCUT2D eigenvalue weighted by Gasteiger charge is 2.41. The van der Waals surface area contributed by atoms with E-state index < -0.39 is 0 Å². The Morgan fingerprint density at radius 1 is 1.29 bits per heavy atom. The van der Waals surface area contributed by atoms with Crippen LogP contribution in [0.1, 0.15) is 68.1 Å². The minimum atomic E-state index is 0.0700. The summed E-state index contributed by atoms with van der Waals surface area (Å²) in [5.74, 6) is 0.637. The fourth-order valence-corrected chi connectivity index (χ4v) is 4.43. The molecule has 0 saturated carbocycles. The number of aryl methyl sites for hydroxylation is 1. The second-order valence-corrected chi connectivity index (χ2v) is 8.69. The summed E-state index contributed by atoms with van der Waals surface area (Å²) in [6, 6.07) is 1.92. The first kappa shape index (κ1) is 20.8. The van der Waals surface area contributed by atoms with Gasteiger partial charge in [0, 0.05) is 53.4 Å². The summed E-state index contributed by atoms with van der Waals surface area (Å²) in [7, 11) is 3.54. The van der Waals surface area contributed by atoms with E-state index in [4.69, 9.17) is 4.74 Å². The van der Waals surface area contributed by atoms with Crippen LogP contribution >= 0.6 is 0 Å². The van der Waals surface area contributed by atoms with Gasteiger partial charge in [0.1, 0.15) is 5.69 Å². The summed E-state index contributed by atoms with van der Waals surface area (Å²) in [5.41, 5.74) is 1.78. The zero-order valence-corrected chi connectivity index (χ0v) is 17.7. The molecule has 2 aliphatic heterocycles. The van der Waals surface area contributed by atoms with Crippen molar-refractivity contribution in [2.45, 2.75) is 51.9 Å². The molecule has 1 aromatic heterocycles. The van der Waals surface area contributed by atoms with Crippen LogP contribution in [0.25, 0.3) is 0 Å². The Bertz CT molecular complexity index is 705. The molecule has 2 saturated heterocycles. The van der Waals surface area contributed by atoms with Gasteiger partial charge in [-0.2, -0.15) is 5.10 Å². The molecule has 28 heavy (non-hydrogen) atoms. The number of rotatable bonds is 6. The van der Waals surface area contributed by atoms with Crippen molar-refractivity contribution in [1.82, 2.24) is 19.6 Å². The van der Waals surface area contributed by atoms with Crippen LogP contribution in [-0.2, 0) is 16.6 Å². The molecule has 0 radical (unpaired) electrons. The first-order chi connectivity index (χ1) is 13.3. The monoisotopic (exact) mass is 390 g/mol. The third-order valence-electron chi connectivity index (χ3n) is 6.35. The molecule has 2 amide bonds. The van der Waals surface area contributed by atoms with Crippen molar-refractivity contribution < 1.29 is 14.3 Å². The lowest BCUT2D eigenvalue weighted by molar-refractivity contribution is -0.139. The summed E-state index contributed by atoms with van der Waals surface area (Å²) in [6.45, 7) is 7.95. The topological polar surface area (TPSA) is 67.7 Å². The molecule has 1 spiro atoms. The van der Waals surface area contributed by atoms with Crippen molar-refractivity contribution in [3.63, 3.8) is 0 Å². The minimum Gasteiger partial charge on any atom is -0.385 e. The van der Waals surface area contributed by atoms with Crippen LogP contribution in [0.15, 0.2) is 6.07 Å². The van der Waals surface area contributed by atoms with Crippen molar-refractivity contribution in [2.75, 3.05) is 39.9 Å². The molecule has 0 bridgehead atoms. The molecule has 1 aromatic rings. The molecule has 0 N–H and O–H groups in total. The number of carbonyl (C=O) groups is 2. The number of hydrogen-bond donors (Lipinski definition) is 0. The number of ether oxygens (including phenoxy) is 1. The van der Waals surface area contributed by atoms with Crippen molar-refractivity contribution in [2.24, 2.45) is 12.5 Å². The van der Waals surface area contributed by atoms with Gasteiger partial charge in [-0.25, -0.2) is 0 Å². The van der Waals surface area contributed by atoms with E-state index in [9.17, 15) is 9.59 Å². The summed E-state index contributed by atoms with van der Waals surface area (Å²) in [4.78, 5) is 29.2. The Hall–Kier alpha value is -1.89. The third-order valence-corrected chi connectivity index (χ3v) is 6.35. The Labute approximate surface area is 168 Å². The highest BCUT2D eigenvalue weighted by atomic mass is 16.5. The molecule has 3 rings (SSSR count). The summed E-state index contributed by atoms with van der Waals surface area (Å²) >= 11 is 0. The smallest absolute Gasteiger partial charge is 0.272 e. The Kier molecular flexibility index (Phi) is 6.43. The predicted octanol–water partition coefficient (Wildman–Crippen LogP) is 2.42. The normalized spacial score (nSPS) is 19.7. The van der Waals surface area contributed by atoms with E-state index >= 15 is 0 Å². The maximum atomic E-state index is 13.0. The molecule has 0 aliphatic carbocycles. The standard InChI is InChI=1S/C21H34N4O3/c1-16(2)17-14-18(23(3)22-17)20(27)24-11-8-21(9-12-24)7-6-19(26)25(15-21)10-5-13-28-4/h14,16H,5-13,15H2,1-4H3. The first-order valence-electron chi connectivity index (χ1n) is 10.5. The molecule has 2 fully saturated rings. The van der Waals surface area contributed by atoms with E-state index in [1.165, 1.54) is 0 Å². The number of nitrogens with zero attached hydrogens (tertiary/aromatic N) is 4. The second kappa shape index (κ2) is 8.64. The van der Waals surface area contributed by atoms with Crippen LogP contribution in [0.2, 0.25) is 0 Å². The Morgan fingerprint density at radius 3 is 2.61 bits per heavy atom. The van der Waals surface area contributed by atoms with E-state index in [-0.39, 0.29) is 17.2 Å². The average Bonchev–Trinajstić information content (AvgIpc) is 3.07. The van der Waals surface area contributed by atoms with Crippen molar-refractivity contribution in [3.05, 3.63) is 17.5 Å². The number of aromatic nitrogens is 2. The fourth-order valence-electron chi connectivity index (χ4n) is 4.43. The van der Waals surface area contributed by atoms with Gasteiger partial charge in [0.15, 0.2) is 0 Å². The molecule has 0 atom stereocenters. The van der Waals surface area contributed by atoms with Crippen LogP contribution in [0.4, 0.5) is 0 Å². The van der Waals surface area contributed by atoms with Crippen molar-refractivity contribution >= 4 is 11.8 Å². The van der Waals surface area contributed by atoms with Gasteiger partial charge in [-0.3, -0.25) is 14.3 Å². The van der Waals surface area contributed by atoms with Gasteiger partial charge >= 0.3 is 0 Å². The maximum Gasteiger partial charge on any atom is 0.272 e. The molecular formula is C21H34N4O3. The number of piperidine rings is 2. The quantitative estimate of drug-likeness (QED) is 0.700. The predicted molar refractivity (Wildman–Crippen MR) is 107 cm³/mol. The molecule has 7 heteroatoms. The average molecular weight is 391 g/mol. The summed E-state index contributed by atoms with van der Waals surface area (Å²) in [5, 5.41) is 4.48. The van der Waals surface area contributed by atoms with E-state index in [1.807, 2.05) is 22.9 Å². The zero-order chi connectivity index (χ0) is 20.3. The largest absolute Gasteiger partial charge is 0.385 e. The van der Waals surface area contributed by atoms with Gasteiger partial charge in [-0.1, -0.05) is 13.8 Å². The van der Waals surface area contributed by atoms with Crippen LogP contribution in [0.3, 0.4) is 0 Å². The van der Waals surface area contributed by atoms with E-state index in [2.05, 4.69) is 18.9 Å². The van der Waals surface area contributed by atoms with Crippen molar-refractivity contribution in [3.8, 4) is 0 Å². The molecule has 0 aromatic carbocycles. The molecular weight excluding hydrogens is 356 g/mol. The van der Waals surface area contributed by atoms with Crippen LogP contribution in [-0.4, -0.2) is 71.3 Å². The zero-order valence-electron chi connectivity index (χ0n) is 17.7. The minimum absolute atomic E-state index is 0.0700. The number of methoxy groups -OCH3 is 1. The maximum absolute atomic E-state index is 13.0. The molecule has 7 nitrogen and oxygen atoms in total. The molecule has 2 aliphatic rings. The van der Waals surface area contributed by atoms with Gasteiger partial charge in [0.25, 0.3) is 5.91 Å². The third kappa shape index (κ3) is 4.40. The Balaban J connectivity index is 1.60. The van der Waals surface area contributed by atoms with Crippen LogP contribution in [0, 0.1) is 5.41 Å². The fraction of sp³-hybridized carbons (Fsp3) is 0.762. The van der Waals surface area contributed by atoms with Gasteiger partial charge in [-0.05, 0) is 43.1 Å². The Morgan fingerprint density at radius 2 is 2.00 bits per heavy atom. The molecule has 156 valence electrons. The number of carbonyl (C=O) groups excluding carboxylic acids is 2. The van der Waals surface area contributed by atoms with Crippen LogP contribution < -0.4 is 0 Å². The van der Waals surface area contributed by atoms with Gasteiger partial charge in [0.2, 0.25) is 5.91 Å². The number of likely N-dealkylation sites (tertiary alicyclic amines) is 2. The van der Waals surface area contributed by atoms with Crippen molar-refractivity contribution in [1.29, 1.82) is 0 Å². The summed E-state index contributed by atoms with van der Waals surface area (Å²) in [6.07, 6.45) is 4.36. The highest BCUT2D eigenvalue weighted by molar-refractivity contribution is 5.92.